The predicted octanol–water partition coefficient (Wildman–Crippen LogP) is 2.78. The molecule has 0 spiro atoms. The predicted molar refractivity (Wildman–Crippen MR) is 68.4 cm³/mol. The fourth-order valence-corrected chi connectivity index (χ4v) is 2.12. The Labute approximate surface area is 105 Å². The number of nitrogens with zero attached hydrogens (tertiary/aromatic N) is 2. The Morgan fingerprint density at radius 1 is 1.41 bits per heavy atom. The molecule has 0 bridgehead atoms. The van der Waals surface area contributed by atoms with Crippen molar-refractivity contribution in [2.75, 3.05) is 0 Å². The van der Waals surface area contributed by atoms with Crippen molar-refractivity contribution in [3.05, 3.63) is 47.5 Å². The van der Waals surface area contributed by atoms with Crippen LogP contribution in [0.1, 0.15) is 18.4 Å². The van der Waals surface area contributed by atoms with E-state index in [-0.39, 0.29) is 0 Å². The van der Waals surface area contributed by atoms with Crippen LogP contribution in [0.4, 0.5) is 0 Å². The summed E-state index contributed by atoms with van der Waals surface area (Å²) in [5.41, 5.74) is 2.20. The van der Waals surface area contributed by atoms with Gasteiger partial charge < -0.3 is 9.88 Å². The molecule has 2 aromatic rings. The van der Waals surface area contributed by atoms with Crippen LogP contribution in [0.2, 0.25) is 5.02 Å². The van der Waals surface area contributed by atoms with Crippen molar-refractivity contribution in [3.8, 4) is 5.69 Å². The molecule has 0 radical (unpaired) electrons. The molecule has 1 aromatic heterocycles. The molecule has 3 nitrogen and oxygen atoms in total. The lowest BCUT2D eigenvalue weighted by Gasteiger charge is -2.08. The Balaban J connectivity index is 1.78. The molecule has 0 amide bonds. The van der Waals surface area contributed by atoms with E-state index >= 15 is 0 Å². The van der Waals surface area contributed by atoms with Gasteiger partial charge in [0.05, 0.1) is 17.0 Å². The first-order chi connectivity index (χ1) is 8.33. The molecule has 1 aliphatic carbocycles. The number of imidazole rings is 1. The van der Waals surface area contributed by atoms with Gasteiger partial charge in [-0.15, -0.1) is 0 Å². The van der Waals surface area contributed by atoms with Gasteiger partial charge in [-0.05, 0) is 30.5 Å². The van der Waals surface area contributed by atoms with E-state index in [9.17, 15) is 0 Å². The van der Waals surface area contributed by atoms with Crippen molar-refractivity contribution in [1.82, 2.24) is 14.9 Å². The summed E-state index contributed by atoms with van der Waals surface area (Å²) in [7, 11) is 0. The molecule has 17 heavy (non-hydrogen) atoms. The summed E-state index contributed by atoms with van der Waals surface area (Å²) in [5.74, 6) is 0. The second-order valence-corrected chi connectivity index (χ2v) is 4.82. The molecule has 88 valence electrons. The Kier molecular flexibility index (Phi) is 2.87. The van der Waals surface area contributed by atoms with E-state index in [0.717, 1.165) is 23.3 Å². The lowest BCUT2D eigenvalue weighted by Crippen LogP contribution is -2.15. The molecular weight excluding hydrogens is 234 g/mol. The summed E-state index contributed by atoms with van der Waals surface area (Å²) in [4.78, 5) is 4.02. The standard InChI is InChI=1S/C13H14ClN3/c14-12-7-10(8-16-11-2-3-11)1-4-13(12)17-6-5-15-9-17/h1,4-7,9,11,16H,2-3,8H2. The van der Waals surface area contributed by atoms with Crippen LogP contribution >= 0.6 is 11.6 Å². The maximum Gasteiger partial charge on any atom is 0.0992 e. The Morgan fingerprint density at radius 3 is 2.94 bits per heavy atom. The van der Waals surface area contributed by atoms with Crippen LogP contribution in [0, 0.1) is 0 Å². The summed E-state index contributed by atoms with van der Waals surface area (Å²) in [6.07, 6.45) is 8.01. The highest BCUT2D eigenvalue weighted by atomic mass is 35.5. The van der Waals surface area contributed by atoms with E-state index in [2.05, 4.69) is 16.4 Å². The summed E-state index contributed by atoms with van der Waals surface area (Å²) >= 11 is 6.28. The van der Waals surface area contributed by atoms with E-state index in [4.69, 9.17) is 11.6 Å². The number of benzene rings is 1. The molecule has 1 saturated carbocycles. The number of hydrogen-bond donors (Lipinski definition) is 1. The second kappa shape index (κ2) is 4.51. The third-order valence-electron chi connectivity index (χ3n) is 2.97. The molecule has 4 heteroatoms. The van der Waals surface area contributed by atoms with Gasteiger partial charge in [-0.25, -0.2) is 4.98 Å². The Morgan fingerprint density at radius 2 is 2.29 bits per heavy atom. The lowest BCUT2D eigenvalue weighted by atomic mass is 10.2. The molecule has 0 aliphatic heterocycles. The molecule has 1 N–H and O–H groups in total. The zero-order valence-electron chi connectivity index (χ0n) is 9.44. The lowest BCUT2D eigenvalue weighted by molar-refractivity contribution is 0.688. The molecule has 1 aromatic carbocycles. The van der Waals surface area contributed by atoms with Crippen LogP contribution < -0.4 is 5.32 Å². The second-order valence-electron chi connectivity index (χ2n) is 4.41. The largest absolute Gasteiger partial charge is 0.310 e. The molecule has 0 saturated heterocycles. The van der Waals surface area contributed by atoms with Crippen molar-refractivity contribution in [3.63, 3.8) is 0 Å². The maximum absolute atomic E-state index is 6.28. The van der Waals surface area contributed by atoms with E-state index in [1.54, 1.807) is 12.5 Å². The highest BCUT2D eigenvalue weighted by Crippen LogP contribution is 2.23. The van der Waals surface area contributed by atoms with Gasteiger partial charge in [-0.1, -0.05) is 17.7 Å². The van der Waals surface area contributed by atoms with E-state index in [1.165, 1.54) is 18.4 Å². The monoisotopic (exact) mass is 247 g/mol. The van der Waals surface area contributed by atoms with Gasteiger partial charge in [0.1, 0.15) is 0 Å². The molecule has 1 heterocycles. The van der Waals surface area contributed by atoms with Gasteiger partial charge in [-0.2, -0.15) is 0 Å². The quantitative estimate of drug-likeness (QED) is 0.901. The van der Waals surface area contributed by atoms with Crippen molar-refractivity contribution >= 4 is 11.6 Å². The molecule has 0 atom stereocenters. The zero-order chi connectivity index (χ0) is 11.7. The minimum Gasteiger partial charge on any atom is -0.310 e. The average molecular weight is 248 g/mol. The summed E-state index contributed by atoms with van der Waals surface area (Å²) in [5, 5.41) is 4.24. The minimum absolute atomic E-state index is 0.724. The third kappa shape index (κ3) is 2.51. The molecular formula is C13H14ClN3. The number of hydrogen-bond acceptors (Lipinski definition) is 2. The normalized spacial score (nSPS) is 15.1. The summed E-state index contributed by atoms with van der Waals surface area (Å²) in [6, 6.07) is 6.89. The van der Waals surface area contributed by atoms with Crippen molar-refractivity contribution < 1.29 is 0 Å². The molecule has 1 aliphatic rings. The molecule has 0 unspecified atom stereocenters. The Hall–Kier alpha value is -1.32. The number of aromatic nitrogens is 2. The number of rotatable bonds is 4. The van der Waals surface area contributed by atoms with Gasteiger partial charge in [0.15, 0.2) is 0 Å². The highest BCUT2D eigenvalue weighted by molar-refractivity contribution is 6.32. The van der Waals surface area contributed by atoms with Crippen LogP contribution in [0.3, 0.4) is 0 Å². The van der Waals surface area contributed by atoms with Crippen LogP contribution in [-0.4, -0.2) is 15.6 Å². The van der Waals surface area contributed by atoms with E-state index < -0.39 is 0 Å². The van der Waals surface area contributed by atoms with Crippen LogP contribution in [0.25, 0.3) is 5.69 Å². The van der Waals surface area contributed by atoms with Crippen molar-refractivity contribution in [2.24, 2.45) is 0 Å². The fraction of sp³-hybridized carbons (Fsp3) is 0.308. The SMILES string of the molecule is Clc1cc(CNC2CC2)ccc1-n1ccnc1. The average Bonchev–Trinajstić information content (AvgIpc) is 3.01. The third-order valence-corrected chi connectivity index (χ3v) is 3.27. The maximum atomic E-state index is 6.28. The number of nitrogens with one attached hydrogen (secondary N) is 1. The summed E-state index contributed by atoms with van der Waals surface area (Å²) in [6.45, 7) is 0.897. The number of halogens is 1. The van der Waals surface area contributed by atoms with Gasteiger partial charge in [0.2, 0.25) is 0 Å². The van der Waals surface area contributed by atoms with Crippen LogP contribution in [0.15, 0.2) is 36.9 Å². The molecule has 1 fully saturated rings. The zero-order valence-corrected chi connectivity index (χ0v) is 10.2. The topological polar surface area (TPSA) is 29.9 Å². The van der Waals surface area contributed by atoms with Gasteiger partial charge >= 0.3 is 0 Å². The highest BCUT2D eigenvalue weighted by Gasteiger charge is 2.19. The first-order valence-corrected chi connectivity index (χ1v) is 6.21. The Bertz CT molecular complexity index is 503. The minimum atomic E-state index is 0.724. The smallest absolute Gasteiger partial charge is 0.0992 e. The van der Waals surface area contributed by atoms with Crippen LogP contribution in [0.5, 0.6) is 0 Å². The van der Waals surface area contributed by atoms with Crippen LogP contribution in [-0.2, 0) is 6.54 Å². The first-order valence-electron chi connectivity index (χ1n) is 5.83. The van der Waals surface area contributed by atoms with Gasteiger partial charge in [0.25, 0.3) is 0 Å². The molecule has 3 rings (SSSR count). The first kappa shape index (κ1) is 10.8. The van der Waals surface area contributed by atoms with Gasteiger partial charge in [-0.3, -0.25) is 0 Å². The van der Waals surface area contributed by atoms with E-state index in [0.29, 0.717) is 0 Å². The van der Waals surface area contributed by atoms with E-state index in [1.807, 2.05) is 22.9 Å². The van der Waals surface area contributed by atoms with Crippen molar-refractivity contribution in [1.29, 1.82) is 0 Å². The summed E-state index contributed by atoms with van der Waals surface area (Å²) < 4.78 is 1.92. The van der Waals surface area contributed by atoms with Gasteiger partial charge in [0, 0.05) is 25.0 Å². The van der Waals surface area contributed by atoms with Crippen molar-refractivity contribution in [2.45, 2.75) is 25.4 Å². The fourth-order valence-electron chi connectivity index (χ4n) is 1.82.